The van der Waals surface area contributed by atoms with Crippen molar-refractivity contribution in [1.82, 2.24) is 19.8 Å². The van der Waals surface area contributed by atoms with Crippen LogP contribution in [-0.4, -0.2) is 44.4 Å². The molecule has 2 aromatic heterocycles. The van der Waals surface area contributed by atoms with Crippen molar-refractivity contribution in [3.63, 3.8) is 0 Å². The molecular weight excluding hydrogens is 294 g/mol. The highest BCUT2D eigenvalue weighted by Crippen LogP contribution is 2.22. The van der Waals surface area contributed by atoms with Gasteiger partial charge in [0.05, 0.1) is 18.8 Å². The van der Waals surface area contributed by atoms with E-state index in [1.165, 1.54) is 0 Å². The van der Waals surface area contributed by atoms with Gasteiger partial charge in [0, 0.05) is 18.3 Å². The molecule has 124 valence electrons. The van der Waals surface area contributed by atoms with Gasteiger partial charge < -0.3 is 9.84 Å². The molecule has 1 aliphatic heterocycles. The minimum Gasteiger partial charge on any atom is -0.360 e. The Morgan fingerprint density at radius 3 is 3.00 bits per heavy atom. The highest BCUT2D eigenvalue weighted by atomic mass is 16.5. The van der Waals surface area contributed by atoms with E-state index in [0.717, 1.165) is 31.5 Å². The molecule has 0 aromatic carbocycles. The zero-order chi connectivity index (χ0) is 16.4. The van der Waals surface area contributed by atoms with Gasteiger partial charge in [-0.3, -0.25) is 14.4 Å². The minimum atomic E-state index is -0.212. The van der Waals surface area contributed by atoms with E-state index in [2.05, 4.69) is 20.5 Å². The van der Waals surface area contributed by atoms with E-state index in [0.29, 0.717) is 17.6 Å². The van der Waals surface area contributed by atoms with E-state index in [1.54, 1.807) is 13.0 Å². The molecular formula is C16H23N5O2. The normalized spacial score (nSPS) is 19.9. The summed E-state index contributed by atoms with van der Waals surface area (Å²) in [5, 5.41) is 11.0. The number of hydrogen-bond acceptors (Lipinski definition) is 5. The molecule has 2 aromatic rings. The SMILES string of the molecule is Cc1cnn(CC2CCCN2C(C)C(=O)Nc2cc(C)on2)c1. The molecule has 0 saturated carbocycles. The Labute approximate surface area is 135 Å². The number of nitrogens with zero attached hydrogens (tertiary/aromatic N) is 4. The molecule has 1 aliphatic rings. The smallest absolute Gasteiger partial charge is 0.242 e. The molecule has 23 heavy (non-hydrogen) atoms. The van der Waals surface area contributed by atoms with Gasteiger partial charge >= 0.3 is 0 Å². The highest BCUT2D eigenvalue weighted by Gasteiger charge is 2.32. The summed E-state index contributed by atoms with van der Waals surface area (Å²) in [6.45, 7) is 7.52. The lowest BCUT2D eigenvalue weighted by Crippen LogP contribution is -2.46. The van der Waals surface area contributed by atoms with Crippen LogP contribution < -0.4 is 5.32 Å². The van der Waals surface area contributed by atoms with Gasteiger partial charge in [0.1, 0.15) is 5.76 Å². The fourth-order valence-corrected chi connectivity index (χ4v) is 3.15. The zero-order valence-corrected chi connectivity index (χ0v) is 13.8. The van der Waals surface area contributed by atoms with Gasteiger partial charge in [0.2, 0.25) is 5.91 Å². The standard InChI is InChI=1S/C16H23N5O2/c1-11-8-17-20(9-11)10-14-5-4-6-21(14)13(3)16(22)18-15-7-12(2)23-19-15/h7-9,13-14H,4-6,10H2,1-3H3,(H,18,19,22). The lowest BCUT2D eigenvalue weighted by Gasteiger charge is -2.29. The van der Waals surface area contributed by atoms with Crippen molar-refractivity contribution in [3.05, 3.63) is 29.8 Å². The molecule has 7 nitrogen and oxygen atoms in total. The van der Waals surface area contributed by atoms with Crippen molar-refractivity contribution in [2.75, 3.05) is 11.9 Å². The van der Waals surface area contributed by atoms with Crippen LogP contribution in [0.3, 0.4) is 0 Å². The number of nitrogens with one attached hydrogen (secondary N) is 1. The molecule has 0 radical (unpaired) electrons. The highest BCUT2D eigenvalue weighted by molar-refractivity contribution is 5.93. The van der Waals surface area contributed by atoms with Crippen LogP contribution in [0.15, 0.2) is 23.0 Å². The Balaban J connectivity index is 1.62. The molecule has 2 atom stereocenters. The number of rotatable bonds is 5. The van der Waals surface area contributed by atoms with E-state index < -0.39 is 0 Å². The van der Waals surface area contributed by atoms with E-state index >= 15 is 0 Å². The Hall–Kier alpha value is -2.15. The van der Waals surface area contributed by atoms with Crippen molar-refractivity contribution in [3.8, 4) is 0 Å². The van der Waals surface area contributed by atoms with Crippen molar-refractivity contribution >= 4 is 11.7 Å². The number of hydrogen-bond donors (Lipinski definition) is 1. The Morgan fingerprint density at radius 1 is 1.52 bits per heavy atom. The largest absolute Gasteiger partial charge is 0.360 e. The minimum absolute atomic E-state index is 0.0538. The third kappa shape index (κ3) is 3.61. The summed E-state index contributed by atoms with van der Waals surface area (Å²) in [5.41, 5.74) is 1.15. The van der Waals surface area contributed by atoms with Crippen LogP contribution in [0.25, 0.3) is 0 Å². The number of likely N-dealkylation sites (tertiary alicyclic amines) is 1. The van der Waals surface area contributed by atoms with Crippen LogP contribution in [-0.2, 0) is 11.3 Å². The molecule has 3 heterocycles. The first-order chi connectivity index (χ1) is 11.0. The molecule has 1 saturated heterocycles. The van der Waals surface area contributed by atoms with E-state index in [4.69, 9.17) is 4.52 Å². The Kier molecular flexibility index (Phi) is 4.47. The molecule has 1 fully saturated rings. The number of aromatic nitrogens is 3. The number of amides is 1. The summed E-state index contributed by atoms with van der Waals surface area (Å²) in [5.74, 6) is 1.10. The van der Waals surface area contributed by atoms with Crippen LogP contribution in [0.4, 0.5) is 5.82 Å². The van der Waals surface area contributed by atoms with Crippen molar-refractivity contribution < 1.29 is 9.32 Å². The lowest BCUT2D eigenvalue weighted by molar-refractivity contribution is -0.121. The van der Waals surface area contributed by atoms with Gasteiger partial charge in [-0.25, -0.2) is 0 Å². The maximum absolute atomic E-state index is 12.5. The summed E-state index contributed by atoms with van der Waals surface area (Å²) in [6, 6.07) is 1.84. The molecule has 0 spiro atoms. The third-order valence-electron chi connectivity index (χ3n) is 4.34. The summed E-state index contributed by atoms with van der Waals surface area (Å²) >= 11 is 0. The second-order valence-corrected chi connectivity index (χ2v) is 6.26. The first kappa shape index (κ1) is 15.7. The van der Waals surface area contributed by atoms with Crippen molar-refractivity contribution in [1.29, 1.82) is 0 Å². The molecule has 0 aliphatic carbocycles. The average molecular weight is 317 g/mol. The first-order valence-electron chi connectivity index (χ1n) is 8.02. The predicted octanol–water partition coefficient (Wildman–Crippen LogP) is 1.98. The van der Waals surface area contributed by atoms with E-state index in [1.807, 2.05) is 30.9 Å². The molecule has 1 amide bonds. The summed E-state index contributed by atoms with van der Waals surface area (Å²) in [7, 11) is 0. The number of anilines is 1. The van der Waals surface area contributed by atoms with Gasteiger partial charge in [-0.2, -0.15) is 5.10 Å². The van der Waals surface area contributed by atoms with E-state index in [9.17, 15) is 4.79 Å². The Bertz CT molecular complexity index is 678. The zero-order valence-electron chi connectivity index (χ0n) is 13.8. The van der Waals surface area contributed by atoms with Gasteiger partial charge in [0.25, 0.3) is 0 Å². The van der Waals surface area contributed by atoms with Crippen LogP contribution in [0, 0.1) is 13.8 Å². The fourth-order valence-electron chi connectivity index (χ4n) is 3.15. The van der Waals surface area contributed by atoms with Gasteiger partial charge in [-0.05, 0) is 45.7 Å². The third-order valence-corrected chi connectivity index (χ3v) is 4.34. The topological polar surface area (TPSA) is 76.2 Å². The first-order valence-corrected chi connectivity index (χ1v) is 8.02. The summed E-state index contributed by atoms with van der Waals surface area (Å²) < 4.78 is 6.95. The van der Waals surface area contributed by atoms with Crippen LogP contribution in [0.5, 0.6) is 0 Å². The van der Waals surface area contributed by atoms with E-state index in [-0.39, 0.29) is 11.9 Å². The monoisotopic (exact) mass is 317 g/mol. The fraction of sp³-hybridized carbons (Fsp3) is 0.562. The number of aryl methyl sites for hydroxylation is 2. The summed E-state index contributed by atoms with van der Waals surface area (Å²) in [4.78, 5) is 14.7. The van der Waals surface area contributed by atoms with Gasteiger partial charge in [-0.1, -0.05) is 5.16 Å². The second kappa shape index (κ2) is 6.54. The maximum Gasteiger partial charge on any atom is 0.242 e. The van der Waals surface area contributed by atoms with Crippen molar-refractivity contribution in [2.45, 2.75) is 52.2 Å². The average Bonchev–Trinajstić information content (AvgIpc) is 3.22. The van der Waals surface area contributed by atoms with Crippen molar-refractivity contribution in [2.24, 2.45) is 0 Å². The quantitative estimate of drug-likeness (QED) is 0.912. The van der Waals surface area contributed by atoms with Crippen LogP contribution in [0.1, 0.15) is 31.1 Å². The van der Waals surface area contributed by atoms with Gasteiger partial charge in [0.15, 0.2) is 5.82 Å². The molecule has 2 unspecified atom stereocenters. The maximum atomic E-state index is 12.5. The second-order valence-electron chi connectivity index (χ2n) is 6.26. The van der Waals surface area contributed by atoms with Gasteiger partial charge in [-0.15, -0.1) is 0 Å². The molecule has 0 bridgehead atoms. The van der Waals surface area contributed by atoms with Crippen LogP contribution >= 0.6 is 0 Å². The number of carbonyl (C=O) groups excluding carboxylic acids is 1. The predicted molar refractivity (Wildman–Crippen MR) is 86.0 cm³/mol. The Morgan fingerprint density at radius 2 is 2.35 bits per heavy atom. The van der Waals surface area contributed by atoms with Crippen LogP contribution in [0.2, 0.25) is 0 Å². The summed E-state index contributed by atoms with van der Waals surface area (Å²) in [6.07, 6.45) is 6.09. The molecule has 3 rings (SSSR count). The lowest BCUT2D eigenvalue weighted by atomic mass is 10.2. The number of carbonyl (C=O) groups is 1. The molecule has 7 heteroatoms. The molecule has 1 N–H and O–H groups in total.